The lowest BCUT2D eigenvalue weighted by molar-refractivity contribution is -0.128. The average Bonchev–Trinajstić information content (AvgIpc) is 3.33. The molecular weight excluding hydrogens is 326 g/mol. The highest BCUT2D eigenvalue weighted by atomic mass is 32.1. The SMILES string of the molecule is O=C1[C@H](Nc2nnc(-c3ccon3)s2)CCN1Cc1ccccc1. The van der Waals surface area contributed by atoms with E-state index in [9.17, 15) is 4.79 Å². The summed E-state index contributed by atoms with van der Waals surface area (Å²) >= 11 is 1.36. The lowest BCUT2D eigenvalue weighted by atomic mass is 10.2. The summed E-state index contributed by atoms with van der Waals surface area (Å²) in [5.74, 6) is 0.0945. The van der Waals surface area contributed by atoms with Crippen LogP contribution in [-0.4, -0.2) is 38.7 Å². The van der Waals surface area contributed by atoms with Crippen molar-refractivity contribution >= 4 is 22.4 Å². The van der Waals surface area contributed by atoms with Crippen molar-refractivity contribution in [1.29, 1.82) is 0 Å². The molecule has 1 aliphatic heterocycles. The topological polar surface area (TPSA) is 84.2 Å². The predicted octanol–water partition coefficient (Wildman–Crippen LogP) is 2.41. The third-order valence-electron chi connectivity index (χ3n) is 3.89. The van der Waals surface area contributed by atoms with Gasteiger partial charge in [0.1, 0.15) is 18.0 Å². The molecule has 0 radical (unpaired) electrons. The van der Waals surface area contributed by atoms with Crippen molar-refractivity contribution in [3.05, 3.63) is 48.2 Å². The van der Waals surface area contributed by atoms with Crippen molar-refractivity contribution in [3.8, 4) is 10.7 Å². The van der Waals surface area contributed by atoms with Crippen molar-refractivity contribution < 1.29 is 9.32 Å². The number of nitrogens with zero attached hydrogens (tertiary/aromatic N) is 4. The van der Waals surface area contributed by atoms with E-state index in [1.54, 1.807) is 6.07 Å². The fourth-order valence-electron chi connectivity index (χ4n) is 2.69. The summed E-state index contributed by atoms with van der Waals surface area (Å²) in [5, 5.41) is 16.5. The molecule has 1 aromatic carbocycles. The number of benzene rings is 1. The first-order chi connectivity index (χ1) is 11.8. The maximum atomic E-state index is 12.5. The normalized spacial score (nSPS) is 17.4. The summed E-state index contributed by atoms with van der Waals surface area (Å²) in [6.07, 6.45) is 2.25. The lowest BCUT2D eigenvalue weighted by Gasteiger charge is -2.16. The molecule has 3 aromatic rings. The summed E-state index contributed by atoms with van der Waals surface area (Å²) in [7, 11) is 0. The van der Waals surface area contributed by atoms with E-state index in [1.807, 2.05) is 35.2 Å². The highest BCUT2D eigenvalue weighted by Gasteiger charge is 2.32. The second-order valence-electron chi connectivity index (χ2n) is 5.53. The Bertz CT molecular complexity index is 818. The Balaban J connectivity index is 1.40. The van der Waals surface area contributed by atoms with Crippen LogP contribution in [0.15, 0.2) is 47.2 Å². The minimum absolute atomic E-state index is 0.0945. The zero-order valence-electron chi connectivity index (χ0n) is 12.8. The van der Waals surface area contributed by atoms with Gasteiger partial charge in [-0.2, -0.15) is 0 Å². The first-order valence-electron chi connectivity index (χ1n) is 7.63. The van der Waals surface area contributed by atoms with Gasteiger partial charge < -0.3 is 14.7 Å². The first-order valence-corrected chi connectivity index (χ1v) is 8.45. The van der Waals surface area contributed by atoms with Crippen LogP contribution in [-0.2, 0) is 11.3 Å². The summed E-state index contributed by atoms with van der Waals surface area (Å²) in [4.78, 5) is 14.4. The number of carbonyl (C=O) groups is 1. The number of amides is 1. The van der Waals surface area contributed by atoms with Crippen LogP contribution in [0, 0.1) is 0 Å². The monoisotopic (exact) mass is 341 g/mol. The van der Waals surface area contributed by atoms with Gasteiger partial charge >= 0.3 is 0 Å². The standard InChI is InChI=1S/C16H15N5O2S/c22-15-13(6-8-21(15)10-11-4-2-1-3-5-11)17-16-19-18-14(24-16)12-7-9-23-20-12/h1-5,7,9,13H,6,8,10H2,(H,17,19)/t13-/m1/s1. The smallest absolute Gasteiger partial charge is 0.245 e. The molecule has 4 rings (SSSR count). The molecule has 0 saturated carbocycles. The summed E-state index contributed by atoms with van der Waals surface area (Å²) in [6.45, 7) is 1.37. The molecule has 3 heterocycles. The Hall–Kier alpha value is -2.74. The average molecular weight is 341 g/mol. The van der Waals surface area contributed by atoms with Crippen LogP contribution in [0.1, 0.15) is 12.0 Å². The van der Waals surface area contributed by atoms with Gasteiger partial charge in [0, 0.05) is 19.2 Å². The number of aromatic nitrogens is 3. The highest BCUT2D eigenvalue weighted by Crippen LogP contribution is 2.27. The lowest BCUT2D eigenvalue weighted by Crippen LogP contribution is -2.33. The third kappa shape index (κ3) is 3.00. The van der Waals surface area contributed by atoms with Crippen molar-refractivity contribution in [2.24, 2.45) is 0 Å². The van der Waals surface area contributed by atoms with Crippen LogP contribution in [0.4, 0.5) is 5.13 Å². The fourth-order valence-corrected chi connectivity index (χ4v) is 3.45. The van der Waals surface area contributed by atoms with Gasteiger partial charge in [0.05, 0.1) is 0 Å². The quantitative estimate of drug-likeness (QED) is 0.767. The van der Waals surface area contributed by atoms with Crippen LogP contribution in [0.25, 0.3) is 10.7 Å². The summed E-state index contributed by atoms with van der Waals surface area (Å²) in [5.41, 5.74) is 1.78. The Morgan fingerprint density at radius 3 is 2.92 bits per heavy atom. The van der Waals surface area contributed by atoms with E-state index in [-0.39, 0.29) is 11.9 Å². The summed E-state index contributed by atoms with van der Waals surface area (Å²) in [6, 6.07) is 11.5. The number of nitrogens with one attached hydrogen (secondary N) is 1. The van der Waals surface area contributed by atoms with Crippen LogP contribution < -0.4 is 5.32 Å². The first kappa shape index (κ1) is 14.8. The van der Waals surface area contributed by atoms with Crippen molar-refractivity contribution in [3.63, 3.8) is 0 Å². The molecule has 1 aliphatic rings. The maximum Gasteiger partial charge on any atom is 0.245 e. The number of anilines is 1. The Morgan fingerprint density at radius 1 is 1.25 bits per heavy atom. The second kappa shape index (κ2) is 6.40. The molecule has 122 valence electrons. The minimum Gasteiger partial charge on any atom is -0.364 e. The molecular formula is C16H15N5O2S. The van der Waals surface area contributed by atoms with Crippen molar-refractivity contribution in [2.75, 3.05) is 11.9 Å². The van der Waals surface area contributed by atoms with E-state index in [4.69, 9.17) is 4.52 Å². The van der Waals surface area contributed by atoms with E-state index in [0.717, 1.165) is 18.5 Å². The van der Waals surface area contributed by atoms with Gasteiger partial charge in [0.25, 0.3) is 0 Å². The van der Waals surface area contributed by atoms with Crippen LogP contribution in [0.3, 0.4) is 0 Å². The number of carbonyl (C=O) groups excluding carboxylic acids is 1. The Kier molecular flexibility index (Phi) is 3.96. The van der Waals surface area contributed by atoms with Crippen molar-refractivity contribution in [1.82, 2.24) is 20.3 Å². The van der Waals surface area contributed by atoms with Crippen LogP contribution in [0.2, 0.25) is 0 Å². The van der Waals surface area contributed by atoms with E-state index < -0.39 is 0 Å². The van der Waals surface area contributed by atoms with E-state index in [1.165, 1.54) is 17.6 Å². The van der Waals surface area contributed by atoms with Crippen molar-refractivity contribution in [2.45, 2.75) is 19.0 Å². The van der Waals surface area contributed by atoms with Gasteiger partial charge in [-0.15, -0.1) is 10.2 Å². The fraction of sp³-hybridized carbons (Fsp3) is 0.250. The number of rotatable bonds is 5. The largest absolute Gasteiger partial charge is 0.364 e. The predicted molar refractivity (Wildman–Crippen MR) is 89.3 cm³/mol. The van der Waals surface area contributed by atoms with Gasteiger partial charge in [-0.05, 0) is 12.0 Å². The zero-order valence-corrected chi connectivity index (χ0v) is 13.6. The third-order valence-corrected chi connectivity index (χ3v) is 4.77. The molecule has 1 fully saturated rings. The molecule has 24 heavy (non-hydrogen) atoms. The molecule has 1 N–H and O–H groups in total. The van der Waals surface area contributed by atoms with Gasteiger partial charge in [0.2, 0.25) is 11.0 Å². The number of hydrogen-bond donors (Lipinski definition) is 1. The molecule has 1 saturated heterocycles. The van der Waals surface area contributed by atoms with Crippen LogP contribution in [0.5, 0.6) is 0 Å². The molecule has 8 heteroatoms. The molecule has 1 atom stereocenters. The molecule has 1 amide bonds. The van der Waals surface area contributed by atoms with E-state index in [2.05, 4.69) is 20.7 Å². The maximum absolute atomic E-state index is 12.5. The second-order valence-corrected chi connectivity index (χ2v) is 6.51. The molecule has 0 spiro atoms. The van der Waals surface area contributed by atoms with E-state index in [0.29, 0.717) is 22.4 Å². The van der Waals surface area contributed by atoms with E-state index >= 15 is 0 Å². The molecule has 0 aliphatic carbocycles. The minimum atomic E-state index is -0.258. The number of hydrogen-bond acceptors (Lipinski definition) is 7. The zero-order chi connectivity index (χ0) is 16.4. The van der Waals surface area contributed by atoms with Crippen LogP contribution >= 0.6 is 11.3 Å². The van der Waals surface area contributed by atoms with Gasteiger partial charge in [-0.3, -0.25) is 4.79 Å². The molecule has 7 nitrogen and oxygen atoms in total. The Labute approximate surface area is 142 Å². The number of likely N-dealkylation sites (tertiary alicyclic amines) is 1. The molecule has 0 unspecified atom stereocenters. The Morgan fingerprint density at radius 2 is 2.12 bits per heavy atom. The molecule has 2 aromatic heterocycles. The summed E-state index contributed by atoms with van der Waals surface area (Å²) < 4.78 is 4.81. The van der Waals surface area contributed by atoms with Gasteiger partial charge in [0.15, 0.2) is 5.01 Å². The van der Waals surface area contributed by atoms with Gasteiger partial charge in [-0.25, -0.2) is 0 Å². The van der Waals surface area contributed by atoms with Gasteiger partial charge in [-0.1, -0.05) is 46.8 Å². The highest BCUT2D eigenvalue weighted by molar-refractivity contribution is 7.18. The molecule has 0 bridgehead atoms.